The van der Waals surface area contributed by atoms with Gasteiger partial charge in [0.25, 0.3) is 0 Å². The Kier molecular flexibility index (Phi) is 4.88. The molecule has 0 heterocycles. The summed E-state index contributed by atoms with van der Waals surface area (Å²) in [6.07, 6.45) is 2.89. The van der Waals surface area contributed by atoms with Crippen LogP contribution in [0.15, 0.2) is 60.7 Å². The largest absolute Gasteiger partial charge is 0.478 e. The zero-order valence-electron chi connectivity index (χ0n) is 11.3. The van der Waals surface area contributed by atoms with E-state index < -0.39 is 5.97 Å². The van der Waals surface area contributed by atoms with Crippen LogP contribution in [0.1, 0.15) is 11.1 Å². The summed E-state index contributed by atoms with van der Waals surface area (Å²) in [5.74, 6) is -1.08. The molecule has 0 aromatic heterocycles. The lowest BCUT2D eigenvalue weighted by Crippen LogP contribution is -2.14. The smallest absolute Gasteiger partial charge is 0.328 e. The van der Waals surface area contributed by atoms with E-state index >= 15 is 0 Å². The predicted molar refractivity (Wildman–Crippen MR) is 81.9 cm³/mol. The van der Waals surface area contributed by atoms with Crippen molar-refractivity contribution < 1.29 is 14.7 Å². The summed E-state index contributed by atoms with van der Waals surface area (Å²) in [4.78, 5) is 22.3. The summed E-state index contributed by atoms with van der Waals surface area (Å²) in [5.41, 5.74) is 2.40. The molecule has 0 radical (unpaired) electrons. The Hall–Kier alpha value is -2.88. The molecule has 2 rings (SSSR count). The number of carbonyl (C=O) groups excluding carboxylic acids is 1. The zero-order valence-corrected chi connectivity index (χ0v) is 11.3. The first kappa shape index (κ1) is 14.5. The van der Waals surface area contributed by atoms with Crippen LogP contribution in [0.2, 0.25) is 0 Å². The first-order valence-corrected chi connectivity index (χ1v) is 6.48. The molecule has 106 valence electrons. The SMILES string of the molecule is O=C(O)/C=C/c1ccc(NC(=O)Cc2ccccc2)cc1. The molecule has 21 heavy (non-hydrogen) atoms. The van der Waals surface area contributed by atoms with Crippen LogP contribution in [0.5, 0.6) is 0 Å². The first-order valence-electron chi connectivity index (χ1n) is 6.48. The van der Waals surface area contributed by atoms with Crippen LogP contribution in [0.3, 0.4) is 0 Å². The molecule has 0 bridgehead atoms. The lowest BCUT2D eigenvalue weighted by molar-refractivity contribution is -0.131. The van der Waals surface area contributed by atoms with E-state index in [4.69, 9.17) is 5.11 Å². The fraction of sp³-hybridized carbons (Fsp3) is 0.0588. The van der Waals surface area contributed by atoms with Crippen LogP contribution in [0.4, 0.5) is 5.69 Å². The fourth-order valence-corrected chi connectivity index (χ4v) is 1.83. The highest BCUT2D eigenvalue weighted by atomic mass is 16.4. The number of aliphatic carboxylic acids is 1. The van der Waals surface area contributed by atoms with Crippen molar-refractivity contribution in [3.05, 3.63) is 71.8 Å². The van der Waals surface area contributed by atoms with Gasteiger partial charge in [-0.3, -0.25) is 4.79 Å². The number of anilines is 1. The summed E-state index contributed by atoms with van der Waals surface area (Å²) in [6.45, 7) is 0. The Labute approximate surface area is 122 Å². The molecular weight excluding hydrogens is 266 g/mol. The zero-order chi connectivity index (χ0) is 15.1. The lowest BCUT2D eigenvalue weighted by atomic mass is 10.1. The molecule has 0 unspecified atom stereocenters. The number of nitrogens with one attached hydrogen (secondary N) is 1. The van der Waals surface area contributed by atoms with Gasteiger partial charge >= 0.3 is 5.97 Å². The Morgan fingerprint density at radius 3 is 2.29 bits per heavy atom. The average Bonchev–Trinajstić information content (AvgIpc) is 2.47. The lowest BCUT2D eigenvalue weighted by Gasteiger charge is -2.05. The van der Waals surface area contributed by atoms with Gasteiger partial charge in [0.05, 0.1) is 6.42 Å². The molecule has 0 aliphatic carbocycles. The third-order valence-corrected chi connectivity index (χ3v) is 2.82. The van der Waals surface area contributed by atoms with Crippen molar-refractivity contribution in [1.29, 1.82) is 0 Å². The van der Waals surface area contributed by atoms with Crippen LogP contribution in [0, 0.1) is 0 Å². The second kappa shape index (κ2) is 7.05. The van der Waals surface area contributed by atoms with Gasteiger partial charge in [0.1, 0.15) is 0 Å². The Bertz CT molecular complexity index is 645. The highest BCUT2D eigenvalue weighted by Crippen LogP contribution is 2.11. The number of rotatable bonds is 5. The first-order chi connectivity index (χ1) is 10.1. The van der Waals surface area contributed by atoms with Crippen molar-refractivity contribution in [2.75, 3.05) is 5.32 Å². The molecule has 1 amide bonds. The Morgan fingerprint density at radius 1 is 1.00 bits per heavy atom. The fourth-order valence-electron chi connectivity index (χ4n) is 1.83. The molecule has 2 aromatic carbocycles. The quantitative estimate of drug-likeness (QED) is 0.828. The minimum atomic E-state index is -0.991. The summed E-state index contributed by atoms with van der Waals surface area (Å²) in [7, 11) is 0. The van der Waals surface area contributed by atoms with E-state index in [1.165, 1.54) is 6.08 Å². The van der Waals surface area contributed by atoms with Crippen LogP contribution in [-0.2, 0) is 16.0 Å². The minimum Gasteiger partial charge on any atom is -0.478 e. The molecule has 4 nitrogen and oxygen atoms in total. The second-order valence-corrected chi connectivity index (χ2v) is 4.50. The van der Waals surface area contributed by atoms with Crippen LogP contribution in [0.25, 0.3) is 6.08 Å². The minimum absolute atomic E-state index is 0.0879. The van der Waals surface area contributed by atoms with Gasteiger partial charge < -0.3 is 10.4 Å². The van der Waals surface area contributed by atoms with Gasteiger partial charge in [0.15, 0.2) is 0 Å². The summed E-state index contributed by atoms with van der Waals surface area (Å²) in [5, 5.41) is 11.3. The standard InChI is InChI=1S/C17H15NO3/c19-16(12-14-4-2-1-3-5-14)18-15-9-6-13(7-10-15)8-11-17(20)21/h1-11H,12H2,(H,18,19)(H,20,21)/b11-8+. The molecule has 0 spiro atoms. The van der Waals surface area contributed by atoms with Gasteiger partial charge in [0.2, 0.25) is 5.91 Å². The molecule has 0 aliphatic rings. The van der Waals surface area contributed by atoms with Crippen LogP contribution < -0.4 is 5.32 Å². The summed E-state index contributed by atoms with van der Waals surface area (Å²) >= 11 is 0. The van der Waals surface area contributed by atoms with Gasteiger partial charge in [-0.05, 0) is 29.3 Å². The maximum Gasteiger partial charge on any atom is 0.328 e. The van der Waals surface area contributed by atoms with Gasteiger partial charge in [0, 0.05) is 11.8 Å². The predicted octanol–water partition coefficient (Wildman–Crippen LogP) is 2.97. The van der Waals surface area contributed by atoms with Crippen molar-refractivity contribution >= 4 is 23.6 Å². The molecule has 0 atom stereocenters. The van der Waals surface area contributed by atoms with E-state index in [0.717, 1.165) is 17.2 Å². The number of hydrogen-bond acceptors (Lipinski definition) is 2. The molecule has 0 saturated carbocycles. The molecule has 2 N–H and O–H groups in total. The average molecular weight is 281 g/mol. The van der Waals surface area contributed by atoms with Crippen molar-refractivity contribution in [3.8, 4) is 0 Å². The van der Waals surface area contributed by atoms with Crippen molar-refractivity contribution in [3.63, 3.8) is 0 Å². The van der Waals surface area contributed by atoms with Crippen molar-refractivity contribution in [1.82, 2.24) is 0 Å². The highest BCUT2D eigenvalue weighted by molar-refractivity contribution is 5.92. The number of carbonyl (C=O) groups is 2. The number of carboxylic acids is 1. The third-order valence-electron chi connectivity index (χ3n) is 2.82. The van der Waals surface area contributed by atoms with E-state index in [0.29, 0.717) is 12.1 Å². The number of amides is 1. The maximum atomic E-state index is 11.9. The summed E-state index contributed by atoms with van der Waals surface area (Å²) in [6, 6.07) is 16.5. The van der Waals surface area contributed by atoms with Crippen LogP contribution >= 0.6 is 0 Å². The van der Waals surface area contributed by atoms with Gasteiger partial charge in [-0.25, -0.2) is 4.79 Å². The topological polar surface area (TPSA) is 66.4 Å². The third kappa shape index (κ3) is 4.95. The van der Waals surface area contributed by atoms with Gasteiger partial charge in [-0.2, -0.15) is 0 Å². The summed E-state index contributed by atoms with van der Waals surface area (Å²) < 4.78 is 0. The van der Waals surface area contributed by atoms with Crippen molar-refractivity contribution in [2.45, 2.75) is 6.42 Å². The van der Waals surface area contributed by atoms with Gasteiger partial charge in [-0.1, -0.05) is 42.5 Å². The molecule has 0 fully saturated rings. The molecule has 0 saturated heterocycles. The van der Waals surface area contributed by atoms with Crippen molar-refractivity contribution in [2.24, 2.45) is 0 Å². The monoisotopic (exact) mass is 281 g/mol. The van der Waals surface area contributed by atoms with E-state index in [2.05, 4.69) is 5.32 Å². The molecule has 2 aromatic rings. The van der Waals surface area contributed by atoms with E-state index in [1.807, 2.05) is 30.3 Å². The number of hydrogen-bond donors (Lipinski definition) is 2. The molecule has 0 aliphatic heterocycles. The van der Waals surface area contributed by atoms with E-state index in [1.54, 1.807) is 24.3 Å². The second-order valence-electron chi connectivity index (χ2n) is 4.50. The van der Waals surface area contributed by atoms with E-state index in [9.17, 15) is 9.59 Å². The van der Waals surface area contributed by atoms with Crippen LogP contribution in [-0.4, -0.2) is 17.0 Å². The number of benzene rings is 2. The van der Waals surface area contributed by atoms with E-state index in [-0.39, 0.29) is 5.91 Å². The Balaban J connectivity index is 1.94. The highest BCUT2D eigenvalue weighted by Gasteiger charge is 2.03. The molecule has 4 heteroatoms. The Morgan fingerprint density at radius 2 is 1.67 bits per heavy atom. The maximum absolute atomic E-state index is 11.9. The van der Waals surface area contributed by atoms with Gasteiger partial charge in [-0.15, -0.1) is 0 Å². The number of carboxylic acid groups (broad SMARTS) is 1. The molecular formula is C17H15NO3. The normalized spacial score (nSPS) is 10.5.